The number of nitrogens with one attached hydrogen (secondary N) is 1. The molecular formula is C21H30N2O. The topological polar surface area (TPSA) is 32.3 Å². The molecular weight excluding hydrogens is 296 g/mol. The number of carbonyl (C=O) groups is 1. The molecule has 3 nitrogen and oxygen atoms in total. The number of nitrogens with zero attached hydrogens (tertiary/aromatic N) is 1. The SMILES string of the molecule is CCCCN1C2CCC1CC(=Cc1ccc(C(=O)NCC)cc1)C2. The molecule has 3 rings (SSSR count). The van der Waals surface area contributed by atoms with Crippen molar-refractivity contribution in [1.82, 2.24) is 10.2 Å². The van der Waals surface area contributed by atoms with E-state index < -0.39 is 0 Å². The van der Waals surface area contributed by atoms with E-state index in [1.807, 2.05) is 19.1 Å². The molecule has 1 N–H and O–H groups in total. The van der Waals surface area contributed by atoms with Crippen LogP contribution in [0.3, 0.4) is 0 Å². The zero-order valence-corrected chi connectivity index (χ0v) is 15.1. The minimum Gasteiger partial charge on any atom is -0.352 e. The summed E-state index contributed by atoms with van der Waals surface area (Å²) in [5, 5.41) is 2.84. The summed E-state index contributed by atoms with van der Waals surface area (Å²) in [6, 6.07) is 9.53. The monoisotopic (exact) mass is 326 g/mol. The van der Waals surface area contributed by atoms with Crippen LogP contribution in [0.15, 0.2) is 29.8 Å². The maximum atomic E-state index is 11.8. The smallest absolute Gasteiger partial charge is 0.251 e. The van der Waals surface area contributed by atoms with E-state index in [-0.39, 0.29) is 5.91 Å². The second kappa shape index (κ2) is 7.98. The maximum absolute atomic E-state index is 11.8. The number of piperidine rings is 1. The van der Waals surface area contributed by atoms with E-state index in [0.29, 0.717) is 6.54 Å². The minimum absolute atomic E-state index is 0.0129. The van der Waals surface area contributed by atoms with Crippen molar-refractivity contribution in [3.8, 4) is 0 Å². The Morgan fingerprint density at radius 3 is 2.42 bits per heavy atom. The van der Waals surface area contributed by atoms with Gasteiger partial charge in [0, 0.05) is 24.2 Å². The number of carbonyl (C=O) groups excluding carboxylic acids is 1. The van der Waals surface area contributed by atoms with Crippen LogP contribution in [0.5, 0.6) is 0 Å². The van der Waals surface area contributed by atoms with Crippen molar-refractivity contribution in [1.29, 1.82) is 0 Å². The first-order chi connectivity index (χ1) is 11.7. The van der Waals surface area contributed by atoms with Crippen LogP contribution in [0.4, 0.5) is 0 Å². The third-order valence-electron chi connectivity index (χ3n) is 5.42. The summed E-state index contributed by atoms with van der Waals surface area (Å²) in [7, 11) is 0. The van der Waals surface area contributed by atoms with Crippen molar-refractivity contribution in [2.75, 3.05) is 13.1 Å². The summed E-state index contributed by atoms with van der Waals surface area (Å²) in [6.45, 7) is 6.17. The Morgan fingerprint density at radius 2 is 1.83 bits per heavy atom. The van der Waals surface area contributed by atoms with Gasteiger partial charge in [-0.1, -0.05) is 37.1 Å². The molecule has 24 heavy (non-hydrogen) atoms. The molecule has 0 aliphatic carbocycles. The van der Waals surface area contributed by atoms with Gasteiger partial charge in [0.15, 0.2) is 0 Å². The van der Waals surface area contributed by atoms with Gasteiger partial charge < -0.3 is 5.32 Å². The second-order valence-electron chi connectivity index (χ2n) is 7.17. The lowest BCUT2D eigenvalue weighted by Crippen LogP contribution is -2.40. The van der Waals surface area contributed by atoms with Gasteiger partial charge in [-0.25, -0.2) is 0 Å². The van der Waals surface area contributed by atoms with Gasteiger partial charge in [-0.15, -0.1) is 0 Å². The molecule has 1 amide bonds. The zero-order chi connectivity index (χ0) is 16.9. The van der Waals surface area contributed by atoms with Crippen LogP contribution >= 0.6 is 0 Å². The average Bonchev–Trinajstić information content (AvgIpc) is 2.82. The molecule has 0 aromatic heterocycles. The molecule has 2 atom stereocenters. The normalized spacial score (nSPS) is 23.3. The number of hydrogen-bond acceptors (Lipinski definition) is 2. The largest absolute Gasteiger partial charge is 0.352 e. The van der Waals surface area contributed by atoms with E-state index >= 15 is 0 Å². The van der Waals surface area contributed by atoms with Gasteiger partial charge in [0.2, 0.25) is 0 Å². The Kier molecular flexibility index (Phi) is 5.72. The van der Waals surface area contributed by atoms with Crippen molar-refractivity contribution in [2.45, 2.75) is 64.5 Å². The highest BCUT2D eigenvalue weighted by Gasteiger charge is 2.37. The Bertz CT molecular complexity index is 574. The van der Waals surface area contributed by atoms with E-state index in [0.717, 1.165) is 17.6 Å². The number of benzene rings is 1. The summed E-state index contributed by atoms with van der Waals surface area (Å²) in [5.74, 6) is 0.0129. The van der Waals surface area contributed by atoms with Gasteiger partial charge in [0.1, 0.15) is 0 Å². The summed E-state index contributed by atoms with van der Waals surface area (Å²) in [5.41, 5.74) is 3.55. The molecule has 1 aromatic carbocycles. The molecule has 3 heteroatoms. The van der Waals surface area contributed by atoms with Crippen LogP contribution in [-0.2, 0) is 0 Å². The van der Waals surface area contributed by atoms with Gasteiger partial charge in [0.25, 0.3) is 5.91 Å². The molecule has 2 heterocycles. The first kappa shape index (κ1) is 17.2. The third-order valence-corrected chi connectivity index (χ3v) is 5.42. The second-order valence-corrected chi connectivity index (χ2v) is 7.17. The highest BCUT2D eigenvalue weighted by Crippen LogP contribution is 2.39. The molecule has 0 saturated carbocycles. The lowest BCUT2D eigenvalue weighted by Gasteiger charge is -2.36. The van der Waals surface area contributed by atoms with Crippen LogP contribution in [0.2, 0.25) is 0 Å². The molecule has 2 unspecified atom stereocenters. The number of fused-ring (bicyclic) bond motifs is 2. The van der Waals surface area contributed by atoms with Crippen LogP contribution in [-0.4, -0.2) is 36.0 Å². The van der Waals surface area contributed by atoms with E-state index in [9.17, 15) is 4.79 Å². The third kappa shape index (κ3) is 3.89. The minimum atomic E-state index is 0.0129. The molecule has 2 aliphatic rings. The van der Waals surface area contributed by atoms with E-state index in [1.54, 1.807) is 5.57 Å². The summed E-state index contributed by atoms with van der Waals surface area (Å²) in [4.78, 5) is 14.6. The first-order valence-corrected chi connectivity index (χ1v) is 9.54. The fourth-order valence-corrected chi connectivity index (χ4v) is 4.19. The molecule has 0 radical (unpaired) electrons. The molecule has 2 bridgehead atoms. The quantitative estimate of drug-likeness (QED) is 0.848. The van der Waals surface area contributed by atoms with Crippen molar-refractivity contribution >= 4 is 12.0 Å². The summed E-state index contributed by atoms with van der Waals surface area (Å²) < 4.78 is 0. The van der Waals surface area contributed by atoms with Crippen LogP contribution in [0.1, 0.15) is 68.3 Å². The van der Waals surface area contributed by atoms with Gasteiger partial charge in [-0.3, -0.25) is 9.69 Å². The summed E-state index contributed by atoms with van der Waals surface area (Å²) >= 11 is 0. The maximum Gasteiger partial charge on any atom is 0.251 e. The predicted molar refractivity (Wildman–Crippen MR) is 100 cm³/mol. The fraction of sp³-hybridized carbons (Fsp3) is 0.571. The van der Waals surface area contributed by atoms with Crippen molar-refractivity contribution in [3.63, 3.8) is 0 Å². The highest BCUT2D eigenvalue weighted by atomic mass is 16.1. The Hall–Kier alpha value is -1.61. The average molecular weight is 326 g/mol. The predicted octanol–water partition coefficient (Wildman–Crippen LogP) is 4.25. The van der Waals surface area contributed by atoms with E-state index in [1.165, 1.54) is 50.6 Å². The van der Waals surface area contributed by atoms with E-state index in [2.05, 4.69) is 35.3 Å². The van der Waals surface area contributed by atoms with Crippen LogP contribution in [0.25, 0.3) is 6.08 Å². The van der Waals surface area contributed by atoms with E-state index in [4.69, 9.17) is 0 Å². The molecule has 1 aromatic rings. The van der Waals surface area contributed by atoms with Crippen molar-refractivity contribution < 1.29 is 4.79 Å². The molecule has 130 valence electrons. The number of rotatable bonds is 6. The van der Waals surface area contributed by atoms with Crippen LogP contribution in [0, 0.1) is 0 Å². The van der Waals surface area contributed by atoms with Crippen LogP contribution < -0.4 is 5.32 Å². The summed E-state index contributed by atoms with van der Waals surface area (Å²) in [6.07, 6.45) is 10.1. The van der Waals surface area contributed by atoms with Crippen molar-refractivity contribution in [2.24, 2.45) is 0 Å². The Morgan fingerprint density at radius 1 is 1.17 bits per heavy atom. The van der Waals surface area contributed by atoms with Gasteiger partial charge in [0.05, 0.1) is 0 Å². The molecule has 2 fully saturated rings. The van der Waals surface area contributed by atoms with Gasteiger partial charge in [-0.05, 0) is 63.3 Å². The number of hydrogen-bond donors (Lipinski definition) is 1. The number of unbranched alkanes of at least 4 members (excludes halogenated alkanes) is 1. The molecule has 2 saturated heterocycles. The highest BCUT2D eigenvalue weighted by molar-refractivity contribution is 5.94. The first-order valence-electron chi connectivity index (χ1n) is 9.54. The standard InChI is InChI=1S/C21H30N2O/c1-3-5-12-23-19-10-11-20(23)15-17(14-19)13-16-6-8-18(9-7-16)21(24)22-4-2/h6-9,13,19-20H,3-5,10-12,14-15H2,1-2H3,(H,22,24). The zero-order valence-electron chi connectivity index (χ0n) is 15.1. The Balaban J connectivity index is 1.64. The molecule has 2 aliphatic heterocycles. The fourth-order valence-electron chi connectivity index (χ4n) is 4.19. The lowest BCUT2D eigenvalue weighted by atomic mass is 9.94. The Labute approximate surface area is 146 Å². The molecule has 0 spiro atoms. The van der Waals surface area contributed by atoms with Gasteiger partial charge in [-0.2, -0.15) is 0 Å². The van der Waals surface area contributed by atoms with Gasteiger partial charge >= 0.3 is 0 Å². The lowest BCUT2D eigenvalue weighted by molar-refractivity contribution is 0.0956. The number of amides is 1. The van der Waals surface area contributed by atoms with Crippen molar-refractivity contribution in [3.05, 3.63) is 41.0 Å².